The lowest BCUT2D eigenvalue weighted by atomic mass is 10.2. The zero-order valence-corrected chi connectivity index (χ0v) is 10.7. The van der Waals surface area contributed by atoms with Crippen LogP contribution in [0.15, 0.2) is 16.5 Å². The number of rotatable bonds is 2. The summed E-state index contributed by atoms with van der Waals surface area (Å²) in [7, 11) is 0. The van der Waals surface area contributed by atoms with Crippen molar-refractivity contribution in [2.45, 2.75) is 33.3 Å². The monoisotopic (exact) mass is 240 g/mol. The fourth-order valence-electron chi connectivity index (χ4n) is 0.984. The fourth-order valence-corrected chi connectivity index (χ4v) is 1.66. The van der Waals surface area contributed by atoms with Crippen LogP contribution in [-0.2, 0) is 4.74 Å². The summed E-state index contributed by atoms with van der Waals surface area (Å²) in [4.78, 5) is 12.4. The molecule has 0 radical (unpaired) electrons. The Morgan fingerprint density at radius 1 is 1.56 bits per heavy atom. The highest BCUT2D eigenvalue weighted by Crippen LogP contribution is 2.12. The van der Waals surface area contributed by atoms with Gasteiger partial charge in [-0.1, -0.05) is 0 Å². The summed E-state index contributed by atoms with van der Waals surface area (Å²) in [5, 5.41) is 5.79. The molecular formula is C11H16N2O2S. The van der Waals surface area contributed by atoms with E-state index in [0.29, 0.717) is 0 Å². The smallest absolute Gasteiger partial charge is 0.428 e. The molecule has 0 bridgehead atoms. The predicted molar refractivity (Wildman–Crippen MR) is 66.0 cm³/mol. The van der Waals surface area contributed by atoms with Gasteiger partial charge in [-0.25, -0.2) is 10.2 Å². The number of hydrazone groups is 1. The number of carbonyl (C=O) groups is 1. The van der Waals surface area contributed by atoms with Crippen LogP contribution in [0.25, 0.3) is 0 Å². The van der Waals surface area contributed by atoms with E-state index in [1.54, 1.807) is 38.3 Å². The summed E-state index contributed by atoms with van der Waals surface area (Å²) < 4.78 is 5.03. The standard InChI is InChI=1S/C11H16N2O2S/c1-8-9(5-6-16-8)7-12-13-10(14)15-11(2,3)4/h5-7H,1-4H3,(H,13,14)/b12-7+. The molecule has 0 aliphatic carbocycles. The van der Waals surface area contributed by atoms with E-state index in [1.807, 2.05) is 18.4 Å². The highest BCUT2D eigenvalue weighted by molar-refractivity contribution is 7.10. The van der Waals surface area contributed by atoms with E-state index in [9.17, 15) is 4.79 Å². The predicted octanol–water partition coefficient (Wildman–Crippen LogP) is 2.92. The van der Waals surface area contributed by atoms with E-state index in [4.69, 9.17) is 4.74 Å². The number of nitrogens with zero attached hydrogens (tertiary/aromatic N) is 1. The summed E-state index contributed by atoms with van der Waals surface area (Å²) in [6.07, 6.45) is 1.06. The molecule has 0 spiro atoms. The van der Waals surface area contributed by atoms with Crippen molar-refractivity contribution in [3.8, 4) is 0 Å². The number of nitrogens with one attached hydrogen (secondary N) is 1. The van der Waals surface area contributed by atoms with Crippen molar-refractivity contribution < 1.29 is 9.53 Å². The molecule has 1 amide bonds. The number of hydrogen-bond acceptors (Lipinski definition) is 4. The maximum atomic E-state index is 11.2. The van der Waals surface area contributed by atoms with Crippen LogP contribution < -0.4 is 5.43 Å². The van der Waals surface area contributed by atoms with Gasteiger partial charge in [0.2, 0.25) is 0 Å². The van der Waals surface area contributed by atoms with Gasteiger partial charge in [-0.05, 0) is 39.1 Å². The van der Waals surface area contributed by atoms with Crippen LogP contribution in [0.2, 0.25) is 0 Å². The van der Waals surface area contributed by atoms with Crippen LogP contribution in [0.4, 0.5) is 4.79 Å². The molecule has 16 heavy (non-hydrogen) atoms. The number of thiophene rings is 1. The van der Waals surface area contributed by atoms with Gasteiger partial charge < -0.3 is 4.74 Å². The molecule has 1 aromatic rings. The Hall–Kier alpha value is -1.36. The molecule has 0 aliphatic heterocycles. The van der Waals surface area contributed by atoms with Gasteiger partial charge in [0, 0.05) is 10.4 Å². The first-order chi connectivity index (χ1) is 7.38. The van der Waals surface area contributed by atoms with Crippen LogP contribution in [0.1, 0.15) is 31.2 Å². The third-order valence-corrected chi connectivity index (χ3v) is 2.52. The van der Waals surface area contributed by atoms with E-state index >= 15 is 0 Å². The second-order valence-electron chi connectivity index (χ2n) is 4.30. The van der Waals surface area contributed by atoms with Crippen molar-refractivity contribution in [1.29, 1.82) is 0 Å². The van der Waals surface area contributed by atoms with Crippen molar-refractivity contribution >= 4 is 23.6 Å². The van der Waals surface area contributed by atoms with Crippen molar-refractivity contribution in [1.82, 2.24) is 5.43 Å². The molecule has 0 aliphatic rings. The van der Waals surface area contributed by atoms with Crippen LogP contribution >= 0.6 is 11.3 Å². The molecule has 1 rings (SSSR count). The normalized spacial score (nSPS) is 11.8. The first kappa shape index (κ1) is 12.7. The minimum atomic E-state index is -0.545. The Kier molecular flexibility index (Phi) is 4.06. The maximum absolute atomic E-state index is 11.2. The topological polar surface area (TPSA) is 50.7 Å². The van der Waals surface area contributed by atoms with Gasteiger partial charge in [0.25, 0.3) is 0 Å². The summed E-state index contributed by atoms with van der Waals surface area (Å²) in [6, 6.07) is 1.94. The Morgan fingerprint density at radius 3 is 2.75 bits per heavy atom. The van der Waals surface area contributed by atoms with E-state index < -0.39 is 11.7 Å². The molecular weight excluding hydrogens is 224 g/mol. The first-order valence-corrected chi connectivity index (χ1v) is 5.82. The maximum Gasteiger partial charge on any atom is 0.428 e. The molecule has 0 saturated carbocycles. The summed E-state index contributed by atoms with van der Waals surface area (Å²) in [5.74, 6) is 0. The molecule has 5 heteroatoms. The highest BCUT2D eigenvalue weighted by Gasteiger charge is 2.15. The Bertz CT molecular complexity index is 391. The lowest BCUT2D eigenvalue weighted by Gasteiger charge is -2.18. The molecule has 0 atom stereocenters. The summed E-state index contributed by atoms with van der Waals surface area (Å²) >= 11 is 1.64. The van der Waals surface area contributed by atoms with Gasteiger partial charge in [0.1, 0.15) is 5.60 Å². The van der Waals surface area contributed by atoms with E-state index in [1.165, 1.54) is 0 Å². The highest BCUT2D eigenvalue weighted by atomic mass is 32.1. The third kappa shape index (κ3) is 4.44. The van der Waals surface area contributed by atoms with Gasteiger partial charge in [-0.2, -0.15) is 5.10 Å². The zero-order chi connectivity index (χ0) is 12.2. The molecule has 4 nitrogen and oxygen atoms in total. The number of carbonyl (C=O) groups excluding carboxylic acids is 1. The van der Waals surface area contributed by atoms with E-state index in [-0.39, 0.29) is 0 Å². The fraction of sp³-hybridized carbons (Fsp3) is 0.455. The number of aryl methyl sites for hydroxylation is 1. The molecule has 1 aromatic heterocycles. The number of amides is 1. The summed E-state index contributed by atoms with van der Waals surface area (Å²) in [6.45, 7) is 7.41. The van der Waals surface area contributed by atoms with Gasteiger partial charge in [0.15, 0.2) is 0 Å². The minimum Gasteiger partial charge on any atom is -0.443 e. The lowest BCUT2D eigenvalue weighted by Crippen LogP contribution is -2.29. The molecule has 0 fully saturated rings. The number of hydrogen-bond donors (Lipinski definition) is 1. The molecule has 0 saturated heterocycles. The van der Waals surface area contributed by atoms with Crippen LogP contribution in [0.3, 0.4) is 0 Å². The second kappa shape index (κ2) is 5.12. The van der Waals surface area contributed by atoms with Crippen molar-refractivity contribution in [3.05, 3.63) is 21.9 Å². The quantitative estimate of drug-likeness (QED) is 0.638. The largest absolute Gasteiger partial charge is 0.443 e. The van der Waals surface area contributed by atoms with Crippen LogP contribution in [0, 0.1) is 6.92 Å². The Balaban J connectivity index is 2.44. The van der Waals surface area contributed by atoms with Crippen molar-refractivity contribution in [2.24, 2.45) is 5.10 Å². The Morgan fingerprint density at radius 2 is 2.25 bits per heavy atom. The molecule has 88 valence electrons. The van der Waals surface area contributed by atoms with Gasteiger partial charge in [-0.15, -0.1) is 11.3 Å². The number of ether oxygens (including phenoxy) is 1. The molecule has 1 heterocycles. The second-order valence-corrected chi connectivity index (χ2v) is 5.42. The third-order valence-electron chi connectivity index (χ3n) is 1.66. The lowest BCUT2D eigenvalue weighted by molar-refractivity contribution is 0.0529. The van der Waals surface area contributed by atoms with E-state index in [2.05, 4.69) is 10.5 Å². The average molecular weight is 240 g/mol. The van der Waals surface area contributed by atoms with Gasteiger partial charge in [-0.3, -0.25) is 0 Å². The summed E-state index contributed by atoms with van der Waals surface area (Å²) in [5.41, 5.74) is 2.82. The first-order valence-electron chi connectivity index (χ1n) is 4.94. The zero-order valence-electron chi connectivity index (χ0n) is 9.90. The molecule has 0 unspecified atom stereocenters. The Labute approximate surface area is 99.3 Å². The van der Waals surface area contributed by atoms with Crippen molar-refractivity contribution in [2.75, 3.05) is 0 Å². The van der Waals surface area contributed by atoms with Crippen LogP contribution in [0.5, 0.6) is 0 Å². The SMILES string of the molecule is Cc1sccc1/C=N/NC(=O)OC(C)(C)C. The van der Waals surface area contributed by atoms with E-state index in [0.717, 1.165) is 10.4 Å². The molecule has 1 N–H and O–H groups in total. The van der Waals surface area contributed by atoms with Gasteiger partial charge in [0.05, 0.1) is 6.21 Å². The average Bonchev–Trinajstić information content (AvgIpc) is 2.48. The van der Waals surface area contributed by atoms with Crippen molar-refractivity contribution in [3.63, 3.8) is 0 Å². The van der Waals surface area contributed by atoms with Gasteiger partial charge >= 0.3 is 6.09 Å². The van der Waals surface area contributed by atoms with Crippen LogP contribution in [-0.4, -0.2) is 17.9 Å². The molecule has 0 aromatic carbocycles. The minimum absolute atomic E-state index is 0.502.